The number of anilines is 1. The van der Waals surface area contributed by atoms with Gasteiger partial charge in [0.1, 0.15) is 11.6 Å². The Morgan fingerprint density at radius 3 is 2.57 bits per heavy atom. The minimum Gasteiger partial charge on any atom is -0.449 e. The molecule has 0 fully saturated rings. The molecule has 1 aromatic carbocycles. The number of carbonyl (C=O) groups excluding carboxylic acids is 2. The number of hydrogen-bond acceptors (Lipinski definition) is 4. The van der Waals surface area contributed by atoms with E-state index in [-0.39, 0.29) is 11.6 Å². The summed E-state index contributed by atoms with van der Waals surface area (Å²) >= 11 is 0. The van der Waals surface area contributed by atoms with E-state index >= 15 is 0 Å². The lowest BCUT2D eigenvalue weighted by Gasteiger charge is -2.15. The summed E-state index contributed by atoms with van der Waals surface area (Å²) in [5.41, 5.74) is -0.209. The van der Waals surface area contributed by atoms with E-state index in [9.17, 15) is 14.0 Å². The highest BCUT2D eigenvalue weighted by molar-refractivity contribution is 5.96. The van der Waals surface area contributed by atoms with Gasteiger partial charge in [0, 0.05) is 12.1 Å². The van der Waals surface area contributed by atoms with Crippen molar-refractivity contribution >= 4 is 17.7 Å². The van der Waals surface area contributed by atoms with Crippen LogP contribution >= 0.6 is 0 Å². The Kier molecular flexibility index (Phi) is 5.10. The van der Waals surface area contributed by atoms with Crippen LogP contribution in [-0.2, 0) is 9.53 Å². The Hall–Kier alpha value is -2.70. The quantitative estimate of drug-likeness (QED) is 0.860. The summed E-state index contributed by atoms with van der Waals surface area (Å²) in [6, 6.07) is 7.15. The molecular weight excluding hydrogens is 301 g/mol. The van der Waals surface area contributed by atoms with Crippen molar-refractivity contribution in [1.82, 2.24) is 9.78 Å². The largest absolute Gasteiger partial charge is 0.449 e. The van der Waals surface area contributed by atoms with Crippen LogP contribution in [0.3, 0.4) is 0 Å². The van der Waals surface area contributed by atoms with Crippen molar-refractivity contribution in [2.45, 2.75) is 32.9 Å². The highest BCUT2D eigenvalue weighted by Crippen LogP contribution is 2.14. The van der Waals surface area contributed by atoms with Gasteiger partial charge in [0.2, 0.25) is 0 Å². The van der Waals surface area contributed by atoms with Crippen LogP contribution in [0.2, 0.25) is 0 Å². The standard InChI is InChI=1S/C16H18FN3O3/c1-10(2)20-14(8-9-18-20)19-15(21)11(3)23-16(22)12-6-4-5-7-13(12)17/h4-11H,1-3H3,(H,19,21)/t11-/m1/s1. The highest BCUT2D eigenvalue weighted by atomic mass is 19.1. The molecule has 7 heteroatoms. The van der Waals surface area contributed by atoms with Crippen molar-refractivity contribution in [3.05, 3.63) is 47.9 Å². The summed E-state index contributed by atoms with van der Waals surface area (Å²) in [5.74, 6) is -1.60. The predicted octanol–water partition coefficient (Wildman–Crippen LogP) is 2.79. The SMILES string of the molecule is CC(C)n1nccc1NC(=O)[C@@H](C)OC(=O)c1ccccc1F. The first-order valence-corrected chi connectivity index (χ1v) is 7.20. The number of aromatic nitrogens is 2. The second-order valence-electron chi connectivity index (χ2n) is 5.27. The number of nitrogens with one attached hydrogen (secondary N) is 1. The summed E-state index contributed by atoms with van der Waals surface area (Å²) < 4.78 is 20.2. The summed E-state index contributed by atoms with van der Waals surface area (Å²) in [6.07, 6.45) is 0.489. The minimum atomic E-state index is -1.07. The summed E-state index contributed by atoms with van der Waals surface area (Å²) in [6.45, 7) is 5.26. The van der Waals surface area contributed by atoms with Gasteiger partial charge >= 0.3 is 5.97 Å². The average Bonchev–Trinajstić information content (AvgIpc) is 2.95. The molecule has 0 bridgehead atoms. The van der Waals surface area contributed by atoms with E-state index in [0.717, 1.165) is 6.07 Å². The van der Waals surface area contributed by atoms with Crippen LogP contribution in [-0.4, -0.2) is 27.8 Å². The maximum absolute atomic E-state index is 13.5. The fraction of sp³-hybridized carbons (Fsp3) is 0.312. The van der Waals surface area contributed by atoms with E-state index in [2.05, 4.69) is 10.4 Å². The number of nitrogens with zero attached hydrogens (tertiary/aromatic N) is 2. The van der Waals surface area contributed by atoms with Crippen LogP contribution in [0.5, 0.6) is 0 Å². The van der Waals surface area contributed by atoms with Gasteiger partial charge in [-0.05, 0) is 32.9 Å². The zero-order valence-corrected chi connectivity index (χ0v) is 13.1. The van der Waals surface area contributed by atoms with Gasteiger partial charge in [-0.1, -0.05) is 12.1 Å². The maximum atomic E-state index is 13.5. The molecule has 1 amide bonds. The molecule has 6 nitrogen and oxygen atoms in total. The number of hydrogen-bond donors (Lipinski definition) is 1. The Bertz CT molecular complexity index is 712. The Balaban J connectivity index is 2.01. The number of rotatable bonds is 5. The van der Waals surface area contributed by atoms with E-state index in [1.54, 1.807) is 16.9 Å². The molecule has 23 heavy (non-hydrogen) atoms. The molecule has 2 rings (SSSR count). The predicted molar refractivity (Wildman–Crippen MR) is 82.5 cm³/mol. The summed E-state index contributed by atoms with van der Waals surface area (Å²) in [5, 5.41) is 6.73. The van der Waals surface area contributed by atoms with Crippen molar-refractivity contribution in [3.63, 3.8) is 0 Å². The van der Waals surface area contributed by atoms with Crippen molar-refractivity contribution < 1.29 is 18.7 Å². The number of halogens is 1. The monoisotopic (exact) mass is 319 g/mol. The molecule has 122 valence electrons. The first-order valence-electron chi connectivity index (χ1n) is 7.20. The van der Waals surface area contributed by atoms with E-state index in [1.807, 2.05) is 13.8 Å². The van der Waals surface area contributed by atoms with Gasteiger partial charge in [-0.3, -0.25) is 4.79 Å². The second-order valence-corrected chi connectivity index (χ2v) is 5.27. The number of benzene rings is 1. The van der Waals surface area contributed by atoms with Crippen LogP contribution in [0.1, 0.15) is 37.2 Å². The van der Waals surface area contributed by atoms with Crippen LogP contribution in [0.15, 0.2) is 36.5 Å². The van der Waals surface area contributed by atoms with Crippen LogP contribution < -0.4 is 5.32 Å². The van der Waals surface area contributed by atoms with Crippen molar-refractivity contribution in [1.29, 1.82) is 0 Å². The zero-order valence-electron chi connectivity index (χ0n) is 13.1. The van der Waals surface area contributed by atoms with Gasteiger partial charge in [-0.25, -0.2) is 13.9 Å². The number of esters is 1. The fourth-order valence-electron chi connectivity index (χ4n) is 1.96. The van der Waals surface area contributed by atoms with Crippen molar-refractivity contribution in [3.8, 4) is 0 Å². The molecule has 1 atom stereocenters. The molecule has 1 N–H and O–H groups in total. The van der Waals surface area contributed by atoms with Crippen molar-refractivity contribution in [2.24, 2.45) is 0 Å². The molecule has 0 saturated carbocycles. The Morgan fingerprint density at radius 2 is 1.91 bits per heavy atom. The number of amides is 1. The molecule has 1 heterocycles. The van der Waals surface area contributed by atoms with Gasteiger partial charge in [0.25, 0.3) is 5.91 Å². The van der Waals surface area contributed by atoms with Crippen molar-refractivity contribution in [2.75, 3.05) is 5.32 Å². The van der Waals surface area contributed by atoms with Gasteiger partial charge in [-0.2, -0.15) is 5.10 Å². The van der Waals surface area contributed by atoms with Crippen LogP contribution in [0, 0.1) is 5.82 Å². The average molecular weight is 319 g/mol. The normalized spacial score (nSPS) is 12.0. The van der Waals surface area contributed by atoms with E-state index in [1.165, 1.54) is 25.1 Å². The lowest BCUT2D eigenvalue weighted by molar-refractivity contribution is -0.123. The fourth-order valence-corrected chi connectivity index (χ4v) is 1.96. The third kappa shape index (κ3) is 3.94. The summed E-state index contributed by atoms with van der Waals surface area (Å²) in [7, 11) is 0. The molecule has 0 aliphatic rings. The molecule has 1 aromatic heterocycles. The maximum Gasteiger partial charge on any atom is 0.341 e. The Labute approximate surface area is 133 Å². The summed E-state index contributed by atoms with van der Waals surface area (Å²) in [4.78, 5) is 24.0. The molecule has 0 unspecified atom stereocenters. The molecule has 0 radical (unpaired) electrons. The number of carbonyl (C=O) groups is 2. The molecule has 0 aliphatic heterocycles. The second kappa shape index (κ2) is 7.04. The smallest absolute Gasteiger partial charge is 0.341 e. The lowest BCUT2D eigenvalue weighted by atomic mass is 10.2. The van der Waals surface area contributed by atoms with Crippen LogP contribution in [0.25, 0.3) is 0 Å². The van der Waals surface area contributed by atoms with Gasteiger partial charge in [0.15, 0.2) is 6.10 Å². The van der Waals surface area contributed by atoms with E-state index in [0.29, 0.717) is 5.82 Å². The lowest BCUT2D eigenvalue weighted by Crippen LogP contribution is -2.31. The van der Waals surface area contributed by atoms with Crippen LogP contribution in [0.4, 0.5) is 10.2 Å². The zero-order chi connectivity index (χ0) is 17.0. The topological polar surface area (TPSA) is 73.2 Å². The van der Waals surface area contributed by atoms with Gasteiger partial charge in [0.05, 0.1) is 11.8 Å². The third-order valence-electron chi connectivity index (χ3n) is 3.16. The molecule has 0 spiro atoms. The molecule has 2 aromatic rings. The van der Waals surface area contributed by atoms with Gasteiger partial charge < -0.3 is 10.1 Å². The Morgan fingerprint density at radius 1 is 1.22 bits per heavy atom. The highest BCUT2D eigenvalue weighted by Gasteiger charge is 2.22. The van der Waals surface area contributed by atoms with E-state index in [4.69, 9.17) is 4.74 Å². The van der Waals surface area contributed by atoms with Gasteiger partial charge in [-0.15, -0.1) is 0 Å². The molecular formula is C16H18FN3O3. The third-order valence-corrected chi connectivity index (χ3v) is 3.16. The first kappa shape index (κ1) is 16.7. The number of ether oxygens (including phenoxy) is 1. The van der Waals surface area contributed by atoms with E-state index < -0.39 is 23.8 Å². The minimum absolute atomic E-state index is 0.0663. The first-order chi connectivity index (χ1) is 10.9. The molecule has 0 saturated heterocycles. The molecule has 0 aliphatic carbocycles.